The van der Waals surface area contributed by atoms with Crippen molar-refractivity contribution >= 4 is 51.7 Å². The summed E-state index contributed by atoms with van der Waals surface area (Å²) in [5.41, 5.74) is 2.57. The van der Waals surface area contributed by atoms with Crippen LogP contribution >= 0.6 is 23.4 Å². The quantitative estimate of drug-likeness (QED) is 0.720. The van der Waals surface area contributed by atoms with Gasteiger partial charge in [0.25, 0.3) is 0 Å². The van der Waals surface area contributed by atoms with Crippen molar-refractivity contribution in [2.45, 2.75) is 31.9 Å². The number of amides is 2. The summed E-state index contributed by atoms with van der Waals surface area (Å²) in [5.74, 6) is -0.272. The number of aryl methyl sites for hydroxylation is 1. The molecule has 0 aromatic heterocycles. The molecule has 2 amide bonds. The number of halogens is 1. The topological polar surface area (TPSA) is 61.8 Å². The standard InChI is InChI=1S/C21H22ClN3O2S/c1-3-11-25-20(27)18(13-19(26)23-16-9-7-15(22)8-10-16)28-21(25)24-17-6-4-5-14(2)12-17/h4-10,12,18H,3,11,13H2,1-2H3,(H,23,26)/t18-/m0/s1. The average Bonchev–Trinajstić information content (AvgIpc) is 2.93. The highest BCUT2D eigenvalue weighted by atomic mass is 35.5. The van der Waals surface area contributed by atoms with Crippen LogP contribution in [0.5, 0.6) is 0 Å². The highest BCUT2D eigenvalue weighted by molar-refractivity contribution is 8.15. The lowest BCUT2D eigenvalue weighted by molar-refractivity contribution is -0.128. The van der Waals surface area contributed by atoms with E-state index in [-0.39, 0.29) is 18.2 Å². The number of hydrogen-bond donors (Lipinski definition) is 1. The number of aliphatic imine (C=N–C) groups is 1. The van der Waals surface area contributed by atoms with E-state index in [1.54, 1.807) is 29.2 Å². The van der Waals surface area contributed by atoms with Crippen LogP contribution in [-0.2, 0) is 9.59 Å². The zero-order valence-corrected chi connectivity index (χ0v) is 17.4. The molecule has 0 radical (unpaired) electrons. The van der Waals surface area contributed by atoms with Gasteiger partial charge in [-0.05, 0) is 55.3 Å². The van der Waals surface area contributed by atoms with Crippen molar-refractivity contribution in [2.24, 2.45) is 4.99 Å². The van der Waals surface area contributed by atoms with Crippen LogP contribution in [0.3, 0.4) is 0 Å². The predicted octanol–water partition coefficient (Wildman–Crippen LogP) is 5.02. The van der Waals surface area contributed by atoms with Gasteiger partial charge >= 0.3 is 0 Å². The number of carbonyl (C=O) groups excluding carboxylic acids is 2. The molecule has 1 fully saturated rings. The highest BCUT2D eigenvalue weighted by Gasteiger charge is 2.38. The lowest BCUT2D eigenvalue weighted by atomic mass is 10.2. The predicted molar refractivity (Wildman–Crippen MR) is 116 cm³/mol. The third kappa shape index (κ3) is 5.14. The van der Waals surface area contributed by atoms with Crippen molar-refractivity contribution < 1.29 is 9.59 Å². The molecule has 1 atom stereocenters. The maximum atomic E-state index is 12.8. The molecule has 3 rings (SSSR count). The van der Waals surface area contributed by atoms with Gasteiger partial charge in [-0.25, -0.2) is 4.99 Å². The molecule has 1 saturated heterocycles. The minimum absolute atomic E-state index is 0.0653. The van der Waals surface area contributed by atoms with E-state index < -0.39 is 5.25 Å². The van der Waals surface area contributed by atoms with E-state index in [1.807, 2.05) is 38.1 Å². The second kappa shape index (κ2) is 9.26. The van der Waals surface area contributed by atoms with Gasteiger partial charge in [0.05, 0.1) is 5.69 Å². The summed E-state index contributed by atoms with van der Waals surface area (Å²) in [4.78, 5) is 31.6. The number of amidine groups is 1. The van der Waals surface area contributed by atoms with Gasteiger partial charge in [0.1, 0.15) is 5.25 Å². The molecule has 0 unspecified atom stereocenters. The molecular formula is C21H22ClN3O2S. The Morgan fingerprint density at radius 1 is 1.25 bits per heavy atom. The van der Waals surface area contributed by atoms with Gasteiger partial charge in [-0.1, -0.05) is 42.4 Å². The Kier molecular flexibility index (Phi) is 6.75. The first-order valence-electron chi connectivity index (χ1n) is 9.15. The Hall–Kier alpha value is -2.31. The van der Waals surface area contributed by atoms with E-state index in [2.05, 4.69) is 10.3 Å². The number of rotatable bonds is 6. The molecule has 0 spiro atoms. The molecule has 0 bridgehead atoms. The molecule has 1 heterocycles. The van der Waals surface area contributed by atoms with E-state index in [4.69, 9.17) is 11.6 Å². The minimum atomic E-state index is -0.470. The first kappa shape index (κ1) is 20.4. The SMILES string of the molecule is CCCN1C(=O)[C@H](CC(=O)Nc2ccc(Cl)cc2)SC1=Nc1cccc(C)c1. The molecule has 1 aliphatic heterocycles. The van der Waals surface area contributed by atoms with Crippen molar-refractivity contribution in [3.63, 3.8) is 0 Å². The maximum Gasteiger partial charge on any atom is 0.242 e. The summed E-state index contributed by atoms with van der Waals surface area (Å²) >= 11 is 7.22. The Labute approximate surface area is 174 Å². The number of nitrogens with zero attached hydrogens (tertiary/aromatic N) is 2. The van der Waals surface area contributed by atoms with Gasteiger partial charge in [0, 0.05) is 23.7 Å². The average molecular weight is 416 g/mol. The largest absolute Gasteiger partial charge is 0.326 e. The van der Waals surface area contributed by atoms with Crippen molar-refractivity contribution in [3.05, 3.63) is 59.1 Å². The number of carbonyl (C=O) groups is 2. The molecule has 0 aliphatic carbocycles. The van der Waals surface area contributed by atoms with Crippen LogP contribution in [0.1, 0.15) is 25.3 Å². The minimum Gasteiger partial charge on any atom is -0.326 e. The monoisotopic (exact) mass is 415 g/mol. The highest BCUT2D eigenvalue weighted by Crippen LogP contribution is 2.32. The van der Waals surface area contributed by atoms with Gasteiger partial charge in [0.2, 0.25) is 11.8 Å². The molecule has 1 N–H and O–H groups in total. The number of nitrogens with one attached hydrogen (secondary N) is 1. The number of hydrogen-bond acceptors (Lipinski definition) is 4. The first-order chi connectivity index (χ1) is 13.5. The Morgan fingerprint density at radius 3 is 2.68 bits per heavy atom. The van der Waals surface area contributed by atoms with Gasteiger partial charge < -0.3 is 5.32 Å². The third-order valence-corrected chi connectivity index (χ3v) is 5.62. The van der Waals surface area contributed by atoms with Crippen LogP contribution in [0.15, 0.2) is 53.5 Å². The number of anilines is 1. The normalized spacial score (nSPS) is 18.0. The van der Waals surface area contributed by atoms with Crippen molar-refractivity contribution in [1.82, 2.24) is 4.90 Å². The second-order valence-electron chi connectivity index (χ2n) is 6.59. The maximum absolute atomic E-state index is 12.8. The molecule has 1 aliphatic rings. The Bertz CT molecular complexity index is 899. The van der Waals surface area contributed by atoms with Crippen LogP contribution in [0.2, 0.25) is 5.02 Å². The van der Waals surface area contributed by atoms with Gasteiger partial charge in [-0.2, -0.15) is 0 Å². The Balaban J connectivity index is 1.72. The summed E-state index contributed by atoms with van der Waals surface area (Å²) < 4.78 is 0. The van der Waals surface area contributed by atoms with Gasteiger partial charge in [-0.15, -0.1) is 0 Å². The van der Waals surface area contributed by atoms with E-state index in [0.717, 1.165) is 17.7 Å². The molecule has 146 valence electrons. The van der Waals surface area contributed by atoms with Crippen molar-refractivity contribution in [3.8, 4) is 0 Å². The fourth-order valence-corrected chi connectivity index (χ4v) is 4.19. The summed E-state index contributed by atoms with van der Waals surface area (Å²) in [6, 6.07) is 14.7. The first-order valence-corrected chi connectivity index (χ1v) is 10.4. The lowest BCUT2D eigenvalue weighted by Crippen LogP contribution is -2.34. The van der Waals surface area contributed by atoms with Crippen molar-refractivity contribution in [1.29, 1.82) is 0 Å². The number of benzene rings is 2. The second-order valence-corrected chi connectivity index (χ2v) is 8.20. The molecule has 28 heavy (non-hydrogen) atoms. The summed E-state index contributed by atoms with van der Waals surface area (Å²) in [7, 11) is 0. The van der Waals surface area contributed by atoms with Crippen LogP contribution < -0.4 is 5.32 Å². The fourth-order valence-electron chi connectivity index (χ4n) is 2.88. The number of thioether (sulfide) groups is 1. The zero-order valence-electron chi connectivity index (χ0n) is 15.8. The lowest BCUT2D eigenvalue weighted by Gasteiger charge is -2.15. The van der Waals surface area contributed by atoms with E-state index >= 15 is 0 Å². The van der Waals surface area contributed by atoms with Gasteiger partial charge in [-0.3, -0.25) is 14.5 Å². The summed E-state index contributed by atoms with van der Waals surface area (Å²) in [6.45, 7) is 4.61. The molecule has 2 aromatic carbocycles. The third-order valence-electron chi connectivity index (χ3n) is 4.19. The smallest absolute Gasteiger partial charge is 0.242 e. The molecular weight excluding hydrogens is 394 g/mol. The van der Waals surface area contributed by atoms with Gasteiger partial charge in [0.15, 0.2) is 5.17 Å². The zero-order chi connectivity index (χ0) is 20.1. The van der Waals surface area contributed by atoms with E-state index in [0.29, 0.717) is 22.4 Å². The van der Waals surface area contributed by atoms with Crippen LogP contribution in [0.4, 0.5) is 11.4 Å². The Morgan fingerprint density at radius 2 is 2.00 bits per heavy atom. The van der Waals surface area contributed by atoms with Crippen LogP contribution in [0, 0.1) is 6.92 Å². The van der Waals surface area contributed by atoms with Crippen LogP contribution in [0.25, 0.3) is 0 Å². The molecule has 7 heteroatoms. The molecule has 2 aromatic rings. The summed E-state index contributed by atoms with van der Waals surface area (Å²) in [6.07, 6.45) is 0.919. The van der Waals surface area contributed by atoms with E-state index in [1.165, 1.54) is 11.8 Å². The molecule has 5 nitrogen and oxygen atoms in total. The summed E-state index contributed by atoms with van der Waals surface area (Å²) in [5, 5.41) is 3.60. The van der Waals surface area contributed by atoms with Crippen LogP contribution in [-0.4, -0.2) is 33.7 Å². The molecule has 0 saturated carbocycles. The fraction of sp³-hybridized carbons (Fsp3) is 0.286. The van der Waals surface area contributed by atoms with Crippen molar-refractivity contribution in [2.75, 3.05) is 11.9 Å². The van der Waals surface area contributed by atoms with E-state index in [9.17, 15) is 9.59 Å².